The number of hydrogen-bond acceptors (Lipinski definition) is 3. The van der Waals surface area contributed by atoms with Crippen molar-refractivity contribution in [2.75, 3.05) is 7.05 Å². The van der Waals surface area contributed by atoms with E-state index < -0.39 is 0 Å². The number of nitrogens with one attached hydrogen (secondary N) is 2. The van der Waals surface area contributed by atoms with Gasteiger partial charge in [0.25, 0.3) is 0 Å². The standard InChI is InChI=1S/C7H14N4O/c1-3-4-11-6(5-8-2)9-10-7(11)12/h8H,3-5H2,1-2H3,(H,10,12). The summed E-state index contributed by atoms with van der Waals surface area (Å²) in [7, 11) is 1.83. The molecule has 0 fully saturated rings. The van der Waals surface area contributed by atoms with Crippen LogP contribution in [0.4, 0.5) is 0 Å². The van der Waals surface area contributed by atoms with Gasteiger partial charge in [-0.3, -0.25) is 4.57 Å². The normalized spacial score (nSPS) is 10.5. The maximum atomic E-state index is 11.1. The Morgan fingerprint density at radius 1 is 1.67 bits per heavy atom. The first-order valence-electron chi connectivity index (χ1n) is 4.08. The van der Waals surface area contributed by atoms with Crippen molar-refractivity contribution in [1.29, 1.82) is 0 Å². The molecule has 0 aromatic carbocycles. The summed E-state index contributed by atoms with van der Waals surface area (Å²) in [5.74, 6) is 0.768. The van der Waals surface area contributed by atoms with E-state index in [1.807, 2.05) is 14.0 Å². The molecule has 0 saturated heterocycles. The quantitative estimate of drug-likeness (QED) is 0.652. The zero-order valence-corrected chi connectivity index (χ0v) is 7.42. The zero-order valence-electron chi connectivity index (χ0n) is 7.42. The predicted molar refractivity (Wildman–Crippen MR) is 45.9 cm³/mol. The third kappa shape index (κ3) is 1.73. The van der Waals surface area contributed by atoms with E-state index in [9.17, 15) is 4.79 Å². The largest absolute Gasteiger partial charge is 0.343 e. The molecule has 0 spiro atoms. The summed E-state index contributed by atoms with van der Waals surface area (Å²) in [6, 6.07) is 0. The van der Waals surface area contributed by atoms with Gasteiger partial charge in [-0.15, -0.1) is 0 Å². The fourth-order valence-electron chi connectivity index (χ4n) is 1.10. The van der Waals surface area contributed by atoms with E-state index in [4.69, 9.17) is 0 Å². The van der Waals surface area contributed by atoms with Gasteiger partial charge in [0.05, 0.1) is 6.54 Å². The maximum absolute atomic E-state index is 11.1. The average molecular weight is 170 g/mol. The molecule has 0 radical (unpaired) electrons. The first-order valence-corrected chi connectivity index (χ1v) is 4.08. The third-order valence-electron chi connectivity index (χ3n) is 1.62. The van der Waals surface area contributed by atoms with Gasteiger partial charge < -0.3 is 5.32 Å². The van der Waals surface area contributed by atoms with E-state index in [-0.39, 0.29) is 5.69 Å². The van der Waals surface area contributed by atoms with Crippen LogP contribution < -0.4 is 11.0 Å². The van der Waals surface area contributed by atoms with Crippen LogP contribution in [0.3, 0.4) is 0 Å². The molecule has 1 aromatic rings. The van der Waals surface area contributed by atoms with E-state index in [1.165, 1.54) is 0 Å². The third-order valence-corrected chi connectivity index (χ3v) is 1.62. The monoisotopic (exact) mass is 170 g/mol. The second-order valence-electron chi connectivity index (χ2n) is 2.63. The lowest BCUT2D eigenvalue weighted by Crippen LogP contribution is -2.21. The van der Waals surface area contributed by atoms with Crippen LogP contribution in [0.2, 0.25) is 0 Å². The molecule has 0 amide bonds. The highest BCUT2D eigenvalue weighted by Gasteiger charge is 2.04. The summed E-state index contributed by atoms with van der Waals surface area (Å²) in [5, 5.41) is 9.27. The Balaban J connectivity index is 2.87. The molecule has 68 valence electrons. The fraction of sp³-hybridized carbons (Fsp3) is 0.714. The van der Waals surface area contributed by atoms with Crippen LogP contribution in [0, 0.1) is 0 Å². The summed E-state index contributed by atoms with van der Waals surface area (Å²) in [6.07, 6.45) is 0.941. The molecule has 0 aliphatic carbocycles. The maximum Gasteiger partial charge on any atom is 0.343 e. The molecule has 0 aliphatic heterocycles. The lowest BCUT2D eigenvalue weighted by molar-refractivity contribution is 0.601. The molecule has 0 bridgehead atoms. The van der Waals surface area contributed by atoms with Gasteiger partial charge in [-0.1, -0.05) is 6.92 Å². The number of hydrogen-bond donors (Lipinski definition) is 2. The number of H-pyrrole nitrogens is 1. The fourth-order valence-corrected chi connectivity index (χ4v) is 1.10. The van der Waals surface area contributed by atoms with Crippen molar-refractivity contribution in [2.24, 2.45) is 0 Å². The van der Waals surface area contributed by atoms with Gasteiger partial charge in [-0.05, 0) is 13.5 Å². The Labute approximate surface area is 70.8 Å². The van der Waals surface area contributed by atoms with Gasteiger partial charge in [-0.2, -0.15) is 5.10 Å². The first-order chi connectivity index (χ1) is 5.79. The number of aromatic nitrogens is 3. The molecular weight excluding hydrogens is 156 g/mol. The van der Waals surface area contributed by atoms with Crippen LogP contribution in [0.5, 0.6) is 0 Å². The summed E-state index contributed by atoms with van der Waals surface area (Å²) < 4.78 is 1.65. The number of rotatable bonds is 4. The summed E-state index contributed by atoms with van der Waals surface area (Å²) in [5.41, 5.74) is -0.123. The van der Waals surface area contributed by atoms with Gasteiger partial charge in [0.1, 0.15) is 5.82 Å². The molecule has 2 N–H and O–H groups in total. The average Bonchev–Trinajstić information content (AvgIpc) is 2.37. The Bertz CT molecular complexity index is 288. The summed E-state index contributed by atoms with van der Waals surface area (Å²) >= 11 is 0. The summed E-state index contributed by atoms with van der Waals surface area (Å²) in [6.45, 7) is 3.38. The van der Waals surface area contributed by atoms with E-state index in [0.29, 0.717) is 6.54 Å². The van der Waals surface area contributed by atoms with Crippen LogP contribution in [-0.2, 0) is 13.1 Å². The van der Waals surface area contributed by atoms with Crippen molar-refractivity contribution in [3.8, 4) is 0 Å². The van der Waals surface area contributed by atoms with Crippen LogP contribution in [0.15, 0.2) is 4.79 Å². The Morgan fingerprint density at radius 2 is 2.42 bits per heavy atom. The van der Waals surface area contributed by atoms with Crippen molar-refractivity contribution < 1.29 is 0 Å². The van der Waals surface area contributed by atoms with E-state index in [1.54, 1.807) is 4.57 Å². The van der Waals surface area contributed by atoms with Crippen LogP contribution in [0.1, 0.15) is 19.2 Å². The summed E-state index contributed by atoms with van der Waals surface area (Å²) in [4.78, 5) is 11.1. The second kappa shape index (κ2) is 4.06. The minimum atomic E-state index is -0.123. The first kappa shape index (κ1) is 8.99. The highest BCUT2D eigenvalue weighted by Crippen LogP contribution is 1.91. The molecule has 1 heterocycles. The molecule has 0 unspecified atom stereocenters. The lowest BCUT2D eigenvalue weighted by Gasteiger charge is -2.01. The lowest BCUT2D eigenvalue weighted by atomic mass is 10.4. The Hall–Kier alpha value is -1.10. The minimum Gasteiger partial charge on any atom is -0.313 e. The van der Waals surface area contributed by atoms with Crippen LogP contribution >= 0.6 is 0 Å². The zero-order chi connectivity index (χ0) is 8.97. The highest BCUT2D eigenvalue weighted by molar-refractivity contribution is 4.84. The molecular formula is C7H14N4O. The topological polar surface area (TPSA) is 62.7 Å². The van der Waals surface area contributed by atoms with Crippen molar-refractivity contribution in [1.82, 2.24) is 20.1 Å². The number of nitrogens with zero attached hydrogens (tertiary/aromatic N) is 2. The van der Waals surface area contributed by atoms with E-state index in [0.717, 1.165) is 18.8 Å². The molecule has 5 nitrogen and oxygen atoms in total. The molecule has 0 saturated carbocycles. The molecule has 0 atom stereocenters. The van der Waals surface area contributed by atoms with Gasteiger partial charge in [0, 0.05) is 6.54 Å². The highest BCUT2D eigenvalue weighted by atomic mass is 16.1. The molecule has 1 aromatic heterocycles. The number of aromatic amines is 1. The predicted octanol–water partition coefficient (Wildman–Crippen LogP) is -0.299. The van der Waals surface area contributed by atoms with Gasteiger partial charge in [-0.25, -0.2) is 9.89 Å². The Morgan fingerprint density at radius 3 is 3.00 bits per heavy atom. The van der Waals surface area contributed by atoms with Crippen LogP contribution in [-0.4, -0.2) is 21.8 Å². The van der Waals surface area contributed by atoms with Gasteiger partial charge in [0.15, 0.2) is 0 Å². The minimum absolute atomic E-state index is 0.123. The van der Waals surface area contributed by atoms with Crippen molar-refractivity contribution in [3.63, 3.8) is 0 Å². The van der Waals surface area contributed by atoms with Crippen molar-refractivity contribution in [3.05, 3.63) is 16.3 Å². The SMILES string of the molecule is CCCn1c(CNC)n[nH]c1=O. The van der Waals surface area contributed by atoms with Crippen molar-refractivity contribution in [2.45, 2.75) is 26.4 Å². The smallest absolute Gasteiger partial charge is 0.313 e. The van der Waals surface area contributed by atoms with E-state index in [2.05, 4.69) is 15.5 Å². The van der Waals surface area contributed by atoms with E-state index >= 15 is 0 Å². The van der Waals surface area contributed by atoms with Crippen LogP contribution in [0.25, 0.3) is 0 Å². The van der Waals surface area contributed by atoms with Gasteiger partial charge >= 0.3 is 5.69 Å². The molecule has 1 rings (SSSR count). The Kier molecular flexibility index (Phi) is 3.04. The molecule has 12 heavy (non-hydrogen) atoms. The second-order valence-corrected chi connectivity index (χ2v) is 2.63. The van der Waals surface area contributed by atoms with Gasteiger partial charge in [0.2, 0.25) is 0 Å². The molecule has 5 heteroatoms. The van der Waals surface area contributed by atoms with Crippen molar-refractivity contribution >= 4 is 0 Å². The molecule has 0 aliphatic rings.